The monoisotopic (exact) mass is 297 g/mol. The van der Waals surface area contributed by atoms with Crippen LogP contribution in [0, 0.1) is 12.8 Å². The molecule has 1 heterocycles. The standard InChI is InChI=1S/C13H16BrNO2/c1-8-3-4-10(7-12(8)14)15-13(16)11-5-6-17-9(11)2/h3-4,7,9,11H,5-6H2,1-2H3,(H,15,16). The molecule has 1 saturated heterocycles. The molecule has 0 bridgehead atoms. The predicted octanol–water partition coefficient (Wildman–Crippen LogP) is 3.12. The van der Waals surface area contributed by atoms with Crippen LogP contribution in [-0.4, -0.2) is 18.6 Å². The zero-order valence-corrected chi connectivity index (χ0v) is 11.6. The Hall–Kier alpha value is -0.870. The van der Waals surface area contributed by atoms with Crippen molar-refractivity contribution in [3.05, 3.63) is 28.2 Å². The van der Waals surface area contributed by atoms with Crippen LogP contribution in [0.3, 0.4) is 0 Å². The van der Waals surface area contributed by atoms with Crippen LogP contribution in [-0.2, 0) is 9.53 Å². The average molecular weight is 298 g/mol. The molecule has 2 rings (SSSR count). The molecule has 0 spiro atoms. The zero-order chi connectivity index (χ0) is 12.4. The van der Waals surface area contributed by atoms with Gasteiger partial charge in [0, 0.05) is 16.8 Å². The lowest BCUT2D eigenvalue weighted by Gasteiger charge is -2.14. The summed E-state index contributed by atoms with van der Waals surface area (Å²) in [5.41, 5.74) is 1.98. The van der Waals surface area contributed by atoms with Crippen LogP contribution in [0.25, 0.3) is 0 Å². The number of hydrogen-bond acceptors (Lipinski definition) is 2. The number of aryl methyl sites for hydroxylation is 1. The smallest absolute Gasteiger partial charge is 0.230 e. The molecule has 1 aromatic rings. The number of amides is 1. The van der Waals surface area contributed by atoms with Crippen molar-refractivity contribution in [2.75, 3.05) is 11.9 Å². The Balaban J connectivity index is 2.05. The van der Waals surface area contributed by atoms with E-state index in [1.807, 2.05) is 32.0 Å². The number of carbonyl (C=O) groups excluding carboxylic acids is 1. The second kappa shape index (κ2) is 5.19. The second-order valence-corrected chi connectivity index (χ2v) is 5.28. The zero-order valence-electron chi connectivity index (χ0n) is 10.00. The maximum Gasteiger partial charge on any atom is 0.230 e. The van der Waals surface area contributed by atoms with E-state index in [9.17, 15) is 4.79 Å². The lowest BCUT2D eigenvalue weighted by Crippen LogP contribution is -2.27. The molecule has 1 N–H and O–H groups in total. The normalized spacial score (nSPS) is 23.7. The van der Waals surface area contributed by atoms with Crippen molar-refractivity contribution in [1.82, 2.24) is 0 Å². The molecule has 0 aliphatic carbocycles. The van der Waals surface area contributed by atoms with Gasteiger partial charge in [-0.05, 0) is 38.0 Å². The molecule has 2 atom stereocenters. The number of nitrogens with one attached hydrogen (secondary N) is 1. The summed E-state index contributed by atoms with van der Waals surface area (Å²) in [5, 5.41) is 2.93. The Labute approximate surface area is 110 Å². The topological polar surface area (TPSA) is 38.3 Å². The fourth-order valence-electron chi connectivity index (χ4n) is 1.98. The van der Waals surface area contributed by atoms with Gasteiger partial charge in [-0.1, -0.05) is 22.0 Å². The van der Waals surface area contributed by atoms with Crippen molar-refractivity contribution in [1.29, 1.82) is 0 Å². The highest BCUT2D eigenvalue weighted by Crippen LogP contribution is 2.24. The van der Waals surface area contributed by atoms with Gasteiger partial charge in [0.15, 0.2) is 0 Å². The molecular weight excluding hydrogens is 282 g/mol. The van der Waals surface area contributed by atoms with Gasteiger partial charge in [-0.15, -0.1) is 0 Å². The van der Waals surface area contributed by atoms with E-state index in [1.165, 1.54) is 0 Å². The van der Waals surface area contributed by atoms with Gasteiger partial charge in [-0.25, -0.2) is 0 Å². The lowest BCUT2D eigenvalue weighted by molar-refractivity contribution is -0.121. The molecule has 0 saturated carbocycles. The summed E-state index contributed by atoms with van der Waals surface area (Å²) in [6.45, 7) is 4.64. The fraction of sp³-hybridized carbons (Fsp3) is 0.462. The first-order valence-corrected chi connectivity index (χ1v) is 6.56. The summed E-state index contributed by atoms with van der Waals surface area (Å²) in [5.74, 6) is 0.0147. The van der Waals surface area contributed by atoms with E-state index >= 15 is 0 Å². The quantitative estimate of drug-likeness (QED) is 0.911. The summed E-state index contributed by atoms with van der Waals surface area (Å²) in [6.07, 6.45) is 0.823. The van der Waals surface area contributed by atoms with E-state index in [4.69, 9.17) is 4.74 Å². The predicted molar refractivity (Wildman–Crippen MR) is 71.0 cm³/mol. The van der Waals surface area contributed by atoms with E-state index in [0.29, 0.717) is 6.61 Å². The van der Waals surface area contributed by atoms with Crippen LogP contribution in [0.2, 0.25) is 0 Å². The van der Waals surface area contributed by atoms with Crippen LogP contribution in [0.1, 0.15) is 18.9 Å². The molecule has 1 aliphatic rings. The van der Waals surface area contributed by atoms with Gasteiger partial charge in [0.1, 0.15) is 0 Å². The third-order valence-corrected chi connectivity index (χ3v) is 4.01. The van der Waals surface area contributed by atoms with Gasteiger partial charge in [0.05, 0.1) is 12.0 Å². The molecular formula is C13H16BrNO2. The van der Waals surface area contributed by atoms with Gasteiger partial charge in [-0.2, -0.15) is 0 Å². The molecule has 2 unspecified atom stereocenters. The second-order valence-electron chi connectivity index (χ2n) is 4.42. The highest BCUT2D eigenvalue weighted by molar-refractivity contribution is 9.10. The Morgan fingerprint density at radius 1 is 1.53 bits per heavy atom. The van der Waals surface area contributed by atoms with Gasteiger partial charge >= 0.3 is 0 Å². The van der Waals surface area contributed by atoms with Crippen molar-refractivity contribution in [3.63, 3.8) is 0 Å². The van der Waals surface area contributed by atoms with Crippen LogP contribution >= 0.6 is 15.9 Å². The molecule has 0 radical (unpaired) electrons. The first-order valence-electron chi connectivity index (χ1n) is 5.76. The van der Waals surface area contributed by atoms with Crippen LogP contribution < -0.4 is 5.32 Å². The minimum Gasteiger partial charge on any atom is -0.378 e. The Morgan fingerprint density at radius 2 is 2.29 bits per heavy atom. The highest BCUT2D eigenvalue weighted by Gasteiger charge is 2.30. The maximum absolute atomic E-state index is 12.0. The summed E-state index contributed by atoms with van der Waals surface area (Å²) in [7, 11) is 0. The van der Waals surface area contributed by atoms with Gasteiger partial charge < -0.3 is 10.1 Å². The molecule has 3 nitrogen and oxygen atoms in total. The van der Waals surface area contributed by atoms with Crippen LogP contribution in [0.15, 0.2) is 22.7 Å². The van der Waals surface area contributed by atoms with Crippen molar-refractivity contribution in [2.45, 2.75) is 26.4 Å². The number of rotatable bonds is 2. The van der Waals surface area contributed by atoms with E-state index in [1.54, 1.807) is 0 Å². The van der Waals surface area contributed by atoms with Crippen molar-refractivity contribution in [3.8, 4) is 0 Å². The SMILES string of the molecule is Cc1ccc(NC(=O)C2CCOC2C)cc1Br. The largest absolute Gasteiger partial charge is 0.378 e. The lowest BCUT2D eigenvalue weighted by atomic mass is 10.0. The number of ether oxygens (including phenoxy) is 1. The minimum absolute atomic E-state index is 0.0175. The van der Waals surface area contributed by atoms with Crippen molar-refractivity contribution >= 4 is 27.5 Å². The van der Waals surface area contributed by atoms with E-state index in [2.05, 4.69) is 21.2 Å². The molecule has 1 aromatic carbocycles. The Bertz CT molecular complexity index is 433. The number of hydrogen-bond donors (Lipinski definition) is 1. The van der Waals surface area contributed by atoms with E-state index in [-0.39, 0.29) is 17.9 Å². The molecule has 17 heavy (non-hydrogen) atoms. The van der Waals surface area contributed by atoms with Crippen LogP contribution in [0.5, 0.6) is 0 Å². The Morgan fingerprint density at radius 3 is 2.88 bits per heavy atom. The van der Waals surface area contributed by atoms with Gasteiger partial charge in [-0.3, -0.25) is 4.79 Å². The van der Waals surface area contributed by atoms with Gasteiger partial charge in [0.25, 0.3) is 0 Å². The van der Waals surface area contributed by atoms with Crippen LogP contribution in [0.4, 0.5) is 5.69 Å². The molecule has 1 amide bonds. The molecule has 0 aromatic heterocycles. The number of halogens is 1. The molecule has 92 valence electrons. The van der Waals surface area contributed by atoms with Gasteiger partial charge in [0.2, 0.25) is 5.91 Å². The molecule has 1 aliphatic heterocycles. The summed E-state index contributed by atoms with van der Waals surface area (Å²) in [6, 6.07) is 5.82. The third kappa shape index (κ3) is 2.87. The first kappa shape index (κ1) is 12.6. The van der Waals surface area contributed by atoms with Crippen molar-refractivity contribution in [2.24, 2.45) is 5.92 Å². The van der Waals surface area contributed by atoms with E-state index in [0.717, 1.165) is 22.1 Å². The first-order chi connectivity index (χ1) is 8.08. The summed E-state index contributed by atoms with van der Waals surface area (Å²) >= 11 is 3.46. The summed E-state index contributed by atoms with van der Waals surface area (Å²) in [4.78, 5) is 12.0. The Kier molecular flexibility index (Phi) is 3.84. The number of anilines is 1. The van der Waals surface area contributed by atoms with Crippen molar-refractivity contribution < 1.29 is 9.53 Å². The highest BCUT2D eigenvalue weighted by atomic mass is 79.9. The fourth-order valence-corrected chi connectivity index (χ4v) is 2.36. The molecule has 1 fully saturated rings. The average Bonchev–Trinajstić information content (AvgIpc) is 2.70. The van der Waals surface area contributed by atoms with E-state index < -0.39 is 0 Å². The third-order valence-electron chi connectivity index (χ3n) is 3.15. The molecule has 4 heteroatoms. The number of carbonyl (C=O) groups is 1. The number of benzene rings is 1. The summed E-state index contributed by atoms with van der Waals surface area (Å²) < 4.78 is 6.40. The minimum atomic E-state index is -0.0323. The maximum atomic E-state index is 12.0.